The Kier molecular flexibility index (Phi) is 13.3. The third-order valence-corrected chi connectivity index (χ3v) is 25.8. The highest BCUT2D eigenvalue weighted by Gasteiger charge is 2.25. The van der Waals surface area contributed by atoms with Crippen LogP contribution in [0.3, 0.4) is 0 Å². The molecule has 8 nitrogen and oxygen atoms in total. The smallest absolute Gasteiger partial charge is 0.111 e. The molecule has 0 N–H and O–H groups in total. The maximum absolute atomic E-state index is 5.84. The van der Waals surface area contributed by atoms with E-state index in [9.17, 15) is 0 Å². The average Bonchev–Trinajstić information content (AvgIpc) is 1.54. The number of hydrogen-bond donors (Lipinski definition) is 0. The van der Waals surface area contributed by atoms with Crippen molar-refractivity contribution in [3.63, 3.8) is 0 Å². The van der Waals surface area contributed by atoms with Crippen LogP contribution in [0.5, 0.6) is 0 Å². The summed E-state index contributed by atoms with van der Waals surface area (Å²) in [6, 6.07) is 115. The number of aromatic nitrogens is 8. The van der Waals surface area contributed by atoms with Gasteiger partial charge in [-0.05, 0) is 167 Å². The molecule has 0 atom stereocenters. The first-order valence-corrected chi connectivity index (χ1v) is 38.9. The summed E-state index contributed by atoms with van der Waals surface area (Å²) in [5, 5.41) is 9.23. The van der Waals surface area contributed by atoms with Crippen LogP contribution in [0.4, 0.5) is 0 Å². The summed E-state index contributed by atoms with van der Waals surface area (Å²) in [4.78, 5) is 26.9. The number of benzene rings is 14. The molecule has 0 spiro atoms. The van der Waals surface area contributed by atoms with Gasteiger partial charge < -0.3 is 4.57 Å². The first-order valence-electron chi connectivity index (χ1n) is 36.4. The van der Waals surface area contributed by atoms with E-state index in [4.69, 9.17) is 24.9 Å². The van der Waals surface area contributed by atoms with Crippen molar-refractivity contribution in [2.75, 3.05) is 0 Å². The van der Waals surface area contributed by atoms with Gasteiger partial charge in [-0.15, -0.1) is 34.0 Å². The molecule has 0 saturated heterocycles. The second-order valence-electron chi connectivity index (χ2n) is 28.2. The minimum atomic E-state index is 0.928. The third kappa shape index (κ3) is 9.23. The van der Waals surface area contributed by atoms with E-state index in [2.05, 4.69) is 343 Å². The molecule has 14 aromatic carbocycles. The van der Waals surface area contributed by atoms with Crippen molar-refractivity contribution < 1.29 is 0 Å². The lowest BCUT2D eigenvalue weighted by Crippen LogP contribution is -1.97. The van der Waals surface area contributed by atoms with E-state index in [1.54, 1.807) is 0 Å². The molecule has 0 aliphatic heterocycles. The highest BCUT2D eigenvalue weighted by atomic mass is 32.1. The molecule has 0 aliphatic rings. The average molecular weight is 1430 g/mol. The Morgan fingerprint density at radius 2 is 0.620 bits per heavy atom. The lowest BCUT2D eigenvalue weighted by Gasteiger charge is -2.13. The van der Waals surface area contributed by atoms with Gasteiger partial charge in [0, 0.05) is 90.9 Å². The van der Waals surface area contributed by atoms with Gasteiger partial charge in [0.15, 0.2) is 0 Å². The van der Waals surface area contributed by atoms with Crippen LogP contribution in [0, 0.1) is 13.8 Å². The lowest BCUT2D eigenvalue weighted by atomic mass is 9.95. The van der Waals surface area contributed by atoms with Crippen molar-refractivity contribution >= 4 is 172 Å². The fraction of sp³-hybridized carbons (Fsp3) is 0.0206. The van der Waals surface area contributed by atoms with E-state index in [1.165, 1.54) is 51.7 Å². The Balaban J connectivity index is 0.685. The van der Waals surface area contributed by atoms with Crippen LogP contribution in [-0.2, 0) is 0 Å². The zero-order valence-corrected chi connectivity index (χ0v) is 60.8. The third-order valence-electron chi connectivity index (χ3n) is 22.1. The predicted molar refractivity (Wildman–Crippen MR) is 457 cm³/mol. The van der Waals surface area contributed by atoms with Gasteiger partial charge >= 0.3 is 0 Å². The zero-order valence-electron chi connectivity index (χ0n) is 58.3. The van der Waals surface area contributed by atoms with Crippen molar-refractivity contribution in [1.82, 2.24) is 38.6 Å². The molecule has 23 rings (SSSR count). The van der Waals surface area contributed by atoms with Crippen LogP contribution >= 0.6 is 34.0 Å². The molecule has 504 valence electrons. The van der Waals surface area contributed by atoms with Crippen LogP contribution < -0.4 is 0 Å². The Morgan fingerprint density at radius 3 is 1.22 bits per heavy atom. The Morgan fingerprint density at radius 1 is 0.222 bits per heavy atom. The zero-order chi connectivity index (χ0) is 71.0. The van der Waals surface area contributed by atoms with Gasteiger partial charge in [-0.1, -0.05) is 212 Å². The summed E-state index contributed by atoms with van der Waals surface area (Å²) in [7, 11) is 0. The van der Waals surface area contributed by atoms with E-state index in [1.807, 2.05) is 34.0 Å². The minimum Gasteiger partial charge on any atom is -0.309 e. The quantitative estimate of drug-likeness (QED) is 0.144. The monoisotopic (exact) mass is 1430 g/mol. The SMILES string of the molecule is Cc1nc2ccccc2n1-c1ccc(-c2c3ccc(-c4cccc5c4sc4c(-c6cccc(-c7cccc(-n8c9ccccc9c9ccccc98)c7)c6)c6ccccc6nc45)cc3nc3c2sc2c(-c4ccc5c(-c6cccc(-n7c(C)nc8ccccc87)c6)c6sc7ccccc7c6nc5c4)cccc23)cc1. The standard InChI is InChI=1S/C97H58N8S3/c1-55-98-78-35-8-12-39-84(78)103(55)64-46-42-57(43-47-64)87-72-48-44-60(67-30-18-32-75-91-97(108-93(67)75)88(71-28-3-7-34-77(71)100-91)62-22-15-20-58(50-62)59-21-16-25-66(51-59)105-82-37-10-4-26-69(82)70-27-5-11-38-83(70)105)53-80(72)102-92-76-33-19-31-68(94(76)107-96(87)92)61-45-49-73-81(54-61)101-90-74-29-6-14-41-86(74)106-95(90)89(73)63-23-17-24-65(52-63)104-56(2)99-79-36-9-13-40-85(79)104/h3-54H,1-2H3. The van der Waals surface area contributed by atoms with Gasteiger partial charge in [0.1, 0.15) is 11.6 Å². The number of pyridine rings is 3. The van der Waals surface area contributed by atoms with Crippen molar-refractivity contribution in [3.05, 3.63) is 327 Å². The molecule has 23 aromatic rings. The van der Waals surface area contributed by atoms with Gasteiger partial charge in [0.05, 0.1) is 80.3 Å². The number of para-hydroxylation sites is 7. The minimum absolute atomic E-state index is 0.928. The Bertz CT molecular complexity index is 7740. The van der Waals surface area contributed by atoms with Crippen LogP contribution in [0.1, 0.15) is 11.6 Å². The van der Waals surface area contributed by atoms with Crippen molar-refractivity contribution in [1.29, 1.82) is 0 Å². The van der Waals surface area contributed by atoms with Gasteiger partial charge in [-0.25, -0.2) is 24.9 Å². The molecule has 108 heavy (non-hydrogen) atoms. The maximum atomic E-state index is 5.84. The first-order chi connectivity index (χ1) is 53.3. The summed E-state index contributed by atoms with van der Waals surface area (Å²) < 4.78 is 14.0. The molecular weight excluding hydrogens is 1370 g/mol. The number of nitrogens with zero attached hydrogens (tertiary/aromatic N) is 8. The lowest BCUT2D eigenvalue weighted by molar-refractivity contribution is 1.00. The summed E-state index contributed by atoms with van der Waals surface area (Å²) in [5.74, 6) is 1.89. The second-order valence-corrected chi connectivity index (χ2v) is 31.3. The highest BCUT2D eigenvalue weighted by molar-refractivity contribution is 7.27. The first kappa shape index (κ1) is 61.1. The van der Waals surface area contributed by atoms with E-state index < -0.39 is 0 Å². The highest BCUT2D eigenvalue weighted by Crippen LogP contribution is 2.51. The van der Waals surface area contributed by atoms with Crippen LogP contribution in [0.25, 0.3) is 221 Å². The van der Waals surface area contributed by atoms with Gasteiger partial charge in [0.25, 0.3) is 0 Å². The molecule has 11 heteroatoms. The molecule has 0 amide bonds. The number of aryl methyl sites for hydroxylation is 2. The predicted octanol–water partition coefficient (Wildman–Crippen LogP) is 26.8. The maximum Gasteiger partial charge on any atom is 0.111 e. The van der Waals surface area contributed by atoms with Gasteiger partial charge in [-0.2, -0.15) is 0 Å². The Hall–Kier alpha value is -13.3. The molecule has 0 aliphatic carbocycles. The van der Waals surface area contributed by atoms with Crippen LogP contribution in [0.2, 0.25) is 0 Å². The molecule has 9 aromatic heterocycles. The molecule has 0 saturated carbocycles. The summed E-state index contributed by atoms with van der Waals surface area (Å²) in [6.07, 6.45) is 0. The van der Waals surface area contributed by atoms with Crippen LogP contribution in [0.15, 0.2) is 315 Å². The van der Waals surface area contributed by atoms with E-state index in [0.29, 0.717) is 0 Å². The fourth-order valence-electron chi connectivity index (χ4n) is 17.3. The van der Waals surface area contributed by atoms with Gasteiger partial charge in [-0.3, -0.25) is 9.13 Å². The number of rotatable bonds is 9. The molecule has 0 fully saturated rings. The molecule has 0 radical (unpaired) electrons. The molecule has 9 heterocycles. The fourth-order valence-corrected chi connectivity index (χ4v) is 21.3. The second kappa shape index (κ2) is 23.6. The van der Waals surface area contributed by atoms with Crippen molar-refractivity contribution in [3.8, 4) is 83.8 Å². The van der Waals surface area contributed by atoms with Gasteiger partial charge in [0.2, 0.25) is 0 Å². The number of thiophene rings is 3. The molecule has 0 bridgehead atoms. The normalized spacial score (nSPS) is 12.2. The van der Waals surface area contributed by atoms with Crippen molar-refractivity contribution in [2.24, 2.45) is 0 Å². The van der Waals surface area contributed by atoms with E-state index >= 15 is 0 Å². The number of fused-ring (bicyclic) bond motifs is 17. The largest absolute Gasteiger partial charge is 0.309 e. The van der Waals surface area contributed by atoms with E-state index in [0.717, 1.165) is 181 Å². The summed E-state index contributed by atoms with van der Waals surface area (Å²) in [5.41, 5.74) is 29.3. The van der Waals surface area contributed by atoms with Crippen molar-refractivity contribution in [2.45, 2.75) is 13.8 Å². The summed E-state index contributed by atoms with van der Waals surface area (Å²) >= 11 is 5.49. The Labute approximate surface area is 630 Å². The topological polar surface area (TPSA) is 79.2 Å². The molecular formula is C97H58N8S3. The summed E-state index contributed by atoms with van der Waals surface area (Å²) in [6.45, 7) is 4.18. The van der Waals surface area contributed by atoms with Crippen LogP contribution in [-0.4, -0.2) is 38.6 Å². The number of hydrogen-bond acceptors (Lipinski definition) is 8. The number of imidazole rings is 2. The van der Waals surface area contributed by atoms with E-state index in [-0.39, 0.29) is 0 Å². The molecule has 0 unspecified atom stereocenters.